The molecule has 7 heteroatoms. The summed E-state index contributed by atoms with van der Waals surface area (Å²) in [6, 6.07) is -0.557. The number of hydrogen-bond donors (Lipinski definition) is 2. The van der Waals surface area contributed by atoms with Gasteiger partial charge in [0.25, 0.3) is 0 Å². The molecule has 0 aliphatic carbocycles. The van der Waals surface area contributed by atoms with Gasteiger partial charge in [0.15, 0.2) is 0 Å². The molecule has 7 nitrogen and oxygen atoms in total. The Kier molecular flexibility index (Phi) is 7.94. The van der Waals surface area contributed by atoms with Gasteiger partial charge in [-0.2, -0.15) is 0 Å². The monoisotopic (exact) mass is 302 g/mol. The van der Waals surface area contributed by atoms with Gasteiger partial charge in [-0.1, -0.05) is 13.8 Å². The summed E-state index contributed by atoms with van der Waals surface area (Å²) < 4.78 is 4.93. The molecular formula is C14H26N2O5. The third-order valence-electron chi connectivity index (χ3n) is 2.94. The van der Waals surface area contributed by atoms with E-state index in [9.17, 15) is 14.4 Å². The van der Waals surface area contributed by atoms with E-state index in [1.165, 1.54) is 12.0 Å². The summed E-state index contributed by atoms with van der Waals surface area (Å²) in [6.07, 6.45) is -0.159. The van der Waals surface area contributed by atoms with E-state index in [1.54, 1.807) is 13.8 Å². The lowest BCUT2D eigenvalue weighted by Gasteiger charge is -2.27. The average Bonchev–Trinajstić information content (AvgIpc) is 2.25. The van der Waals surface area contributed by atoms with Crippen LogP contribution >= 0.6 is 0 Å². The number of hydrogen-bond acceptors (Lipinski definition) is 4. The number of methoxy groups -OCH3 is 1. The van der Waals surface area contributed by atoms with Gasteiger partial charge in [0.2, 0.25) is 5.91 Å². The maximum atomic E-state index is 12.0. The number of carboxylic acid groups (broad SMARTS) is 1. The number of imide groups is 1. The summed E-state index contributed by atoms with van der Waals surface area (Å²) in [5, 5.41) is 11.1. The maximum absolute atomic E-state index is 12.0. The number of carboxylic acids is 1. The van der Waals surface area contributed by atoms with Crippen molar-refractivity contribution in [2.24, 2.45) is 5.41 Å². The van der Waals surface area contributed by atoms with Crippen molar-refractivity contribution in [3.8, 4) is 0 Å². The van der Waals surface area contributed by atoms with E-state index in [4.69, 9.17) is 9.84 Å². The van der Waals surface area contributed by atoms with Crippen LogP contribution in [0.25, 0.3) is 0 Å². The zero-order valence-electron chi connectivity index (χ0n) is 13.4. The van der Waals surface area contributed by atoms with Gasteiger partial charge in [0, 0.05) is 26.1 Å². The Balaban J connectivity index is 4.53. The van der Waals surface area contributed by atoms with E-state index in [-0.39, 0.29) is 18.9 Å². The Morgan fingerprint density at radius 3 is 2.24 bits per heavy atom. The molecule has 21 heavy (non-hydrogen) atoms. The minimum Gasteiger partial charge on any atom is -0.481 e. The van der Waals surface area contributed by atoms with E-state index >= 15 is 0 Å². The molecule has 0 saturated carbocycles. The highest BCUT2D eigenvalue weighted by Gasteiger charge is 2.27. The molecular weight excluding hydrogens is 276 g/mol. The number of amides is 3. The number of urea groups is 1. The van der Waals surface area contributed by atoms with Gasteiger partial charge < -0.3 is 14.7 Å². The summed E-state index contributed by atoms with van der Waals surface area (Å²) in [4.78, 5) is 36.1. The SMILES string of the molecule is COCCN(C(=O)NC(=O)CC(C)(C)CC(=O)O)C(C)C. The Labute approximate surface area is 125 Å². The normalized spacial score (nSPS) is 11.3. The number of ether oxygens (including phenoxy) is 1. The van der Waals surface area contributed by atoms with Crippen molar-refractivity contribution in [3.05, 3.63) is 0 Å². The predicted octanol–water partition coefficient (Wildman–Crippen LogP) is 1.47. The zero-order valence-corrected chi connectivity index (χ0v) is 13.4. The third-order valence-corrected chi connectivity index (χ3v) is 2.94. The highest BCUT2D eigenvalue weighted by atomic mass is 16.5. The highest BCUT2D eigenvalue weighted by Crippen LogP contribution is 2.24. The molecule has 0 fully saturated rings. The lowest BCUT2D eigenvalue weighted by Crippen LogP contribution is -2.48. The second kappa shape index (κ2) is 8.61. The largest absolute Gasteiger partial charge is 0.481 e. The van der Waals surface area contributed by atoms with Crippen LogP contribution in [0.15, 0.2) is 0 Å². The van der Waals surface area contributed by atoms with Crippen LogP contribution in [-0.4, -0.2) is 54.2 Å². The average molecular weight is 302 g/mol. The fraction of sp³-hybridized carbons (Fsp3) is 0.786. The molecule has 2 N–H and O–H groups in total. The summed E-state index contributed by atoms with van der Waals surface area (Å²) in [5.41, 5.74) is -0.703. The van der Waals surface area contributed by atoms with Crippen LogP contribution in [0.4, 0.5) is 4.79 Å². The van der Waals surface area contributed by atoms with Gasteiger partial charge in [0.05, 0.1) is 13.0 Å². The van der Waals surface area contributed by atoms with Gasteiger partial charge >= 0.3 is 12.0 Å². The Hall–Kier alpha value is -1.63. The van der Waals surface area contributed by atoms with Crippen LogP contribution < -0.4 is 5.32 Å². The fourth-order valence-electron chi connectivity index (χ4n) is 1.93. The predicted molar refractivity (Wildman–Crippen MR) is 77.9 cm³/mol. The summed E-state index contributed by atoms with van der Waals surface area (Å²) >= 11 is 0. The van der Waals surface area contributed by atoms with Gasteiger partial charge in [-0.3, -0.25) is 14.9 Å². The summed E-state index contributed by atoms with van der Waals surface area (Å²) in [6.45, 7) is 7.80. The van der Waals surface area contributed by atoms with Crippen molar-refractivity contribution < 1.29 is 24.2 Å². The molecule has 0 aromatic rings. The first-order valence-corrected chi connectivity index (χ1v) is 6.90. The van der Waals surface area contributed by atoms with Crippen molar-refractivity contribution in [1.29, 1.82) is 0 Å². The molecule has 0 spiro atoms. The van der Waals surface area contributed by atoms with Gasteiger partial charge in [-0.15, -0.1) is 0 Å². The molecule has 0 atom stereocenters. The van der Waals surface area contributed by atoms with Crippen molar-refractivity contribution >= 4 is 17.9 Å². The fourth-order valence-corrected chi connectivity index (χ4v) is 1.93. The molecule has 0 aliphatic rings. The molecule has 0 unspecified atom stereocenters. The molecule has 122 valence electrons. The maximum Gasteiger partial charge on any atom is 0.324 e. The number of carbonyl (C=O) groups is 3. The van der Waals surface area contributed by atoms with Crippen molar-refractivity contribution in [3.63, 3.8) is 0 Å². The first-order chi connectivity index (χ1) is 9.59. The van der Waals surface area contributed by atoms with E-state index in [0.29, 0.717) is 13.2 Å². The molecule has 0 aromatic carbocycles. The van der Waals surface area contributed by atoms with E-state index in [1.807, 2.05) is 13.8 Å². The zero-order chi connectivity index (χ0) is 16.6. The molecule has 0 radical (unpaired) electrons. The van der Waals surface area contributed by atoms with Crippen LogP contribution in [0, 0.1) is 5.41 Å². The summed E-state index contributed by atoms with van der Waals surface area (Å²) in [5.74, 6) is -1.45. The molecule has 0 aliphatic heterocycles. The lowest BCUT2D eigenvalue weighted by atomic mass is 9.85. The molecule has 0 aromatic heterocycles. The van der Waals surface area contributed by atoms with E-state index < -0.39 is 23.3 Å². The topological polar surface area (TPSA) is 95.9 Å². The van der Waals surface area contributed by atoms with Crippen molar-refractivity contribution in [2.75, 3.05) is 20.3 Å². The Morgan fingerprint density at radius 1 is 1.24 bits per heavy atom. The number of nitrogens with zero attached hydrogens (tertiary/aromatic N) is 1. The molecule has 0 saturated heterocycles. The Morgan fingerprint density at radius 2 is 1.81 bits per heavy atom. The minimum absolute atomic E-state index is 0.0265. The number of aliphatic carboxylic acids is 1. The van der Waals surface area contributed by atoms with Crippen LogP contribution in [0.3, 0.4) is 0 Å². The first kappa shape index (κ1) is 19.4. The van der Waals surface area contributed by atoms with Crippen molar-refractivity contribution in [1.82, 2.24) is 10.2 Å². The van der Waals surface area contributed by atoms with Gasteiger partial charge in [-0.25, -0.2) is 4.79 Å². The number of rotatable bonds is 8. The quantitative estimate of drug-likeness (QED) is 0.708. The van der Waals surface area contributed by atoms with E-state index in [2.05, 4.69) is 5.32 Å². The molecule has 0 heterocycles. The highest BCUT2D eigenvalue weighted by molar-refractivity contribution is 5.94. The van der Waals surface area contributed by atoms with Crippen LogP contribution in [0.1, 0.15) is 40.5 Å². The number of carbonyl (C=O) groups excluding carboxylic acids is 2. The minimum atomic E-state index is -0.969. The summed E-state index contributed by atoms with van der Waals surface area (Å²) in [7, 11) is 1.54. The smallest absolute Gasteiger partial charge is 0.324 e. The van der Waals surface area contributed by atoms with E-state index in [0.717, 1.165) is 0 Å². The molecule has 3 amide bonds. The number of nitrogens with one attached hydrogen (secondary N) is 1. The second-order valence-electron chi connectivity index (χ2n) is 6.04. The van der Waals surface area contributed by atoms with Crippen LogP contribution in [0.5, 0.6) is 0 Å². The van der Waals surface area contributed by atoms with Crippen LogP contribution in [-0.2, 0) is 14.3 Å². The van der Waals surface area contributed by atoms with Crippen molar-refractivity contribution in [2.45, 2.75) is 46.6 Å². The second-order valence-corrected chi connectivity index (χ2v) is 6.04. The van der Waals surface area contributed by atoms with Gasteiger partial charge in [0.1, 0.15) is 0 Å². The molecule has 0 bridgehead atoms. The third kappa shape index (κ3) is 8.29. The van der Waals surface area contributed by atoms with Crippen LogP contribution in [0.2, 0.25) is 0 Å². The Bertz CT molecular complexity index is 380. The molecule has 0 rings (SSSR count). The standard InChI is InChI=1S/C14H26N2O5/c1-10(2)16(6-7-21-5)13(20)15-11(17)8-14(3,4)9-12(18)19/h10H,6-9H2,1-5H3,(H,18,19)(H,15,17,20). The van der Waals surface area contributed by atoms with Gasteiger partial charge in [-0.05, 0) is 19.3 Å². The lowest BCUT2D eigenvalue weighted by molar-refractivity contribution is -0.139. The first-order valence-electron chi connectivity index (χ1n) is 6.90.